The Morgan fingerprint density at radius 1 is 1.30 bits per heavy atom. The van der Waals surface area contributed by atoms with E-state index < -0.39 is 11.9 Å². The number of anilines is 1. The highest BCUT2D eigenvalue weighted by Gasteiger charge is 2.32. The highest BCUT2D eigenvalue weighted by molar-refractivity contribution is 7.17. The number of nitrogens with zero attached hydrogens (tertiary/aromatic N) is 1. The Hall–Kier alpha value is -2.64. The van der Waals surface area contributed by atoms with Gasteiger partial charge in [0.25, 0.3) is 5.91 Å². The van der Waals surface area contributed by atoms with Gasteiger partial charge in [0.2, 0.25) is 0 Å². The number of carbonyl (C=O) groups excluding carboxylic acids is 2. The summed E-state index contributed by atoms with van der Waals surface area (Å²) in [5.41, 5.74) is 2.74. The monoisotopic (exact) mass is 486 g/mol. The fraction of sp³-hybridized carbons (Fsp3) is 0.400. The van der Waals surface area contributed by atoms with Crippen LogP contribution in [-0.4, -0.2) is 23.1 Å². The standard InChI is InChI=1S/C25H27ClN2O4S/c1-5-15-10-11-17-19(12-15)33-24(21(17)25(30)31-13(2)3)27-23(29)20-14(4)32-28-22(20)16-8-6-7-9-18(16)26/h6-9,13,15H,5,10-12H2,1-4H3,(H,27,29)/t15-/m0/s1. The van der Waals surface area contributed by atoms with Gasteiger partial charge < -0.3 is 14.6 Å². The number of thiophene rings is 1. The van der Waals surface area contributed by atoms with Gasteiger partial charge in [0, 0.05) is 10.4 Å². The zero-order chi connectivity index (χ0) is 23.7. The fourth-order valence-corrected chi connectivity index (χ4v) is 5.79. The maximum absolute atomic E-state index is 13.4. The van der Waals surface area contributed by atoms with Crippen molar-refractivity contribution in [1.82, 2.24) is 5.16 Å². The summed E-state index contributed by atoms with van der Waals surface area (Å²) in [5, 5.41) is 8.03. The molecule has 33 heavy (non-hydrogen) atoms. The van der Waals surface area contributed by atoms with Gasteiger partial charge in [-0.15, -0.1) is 11.3 Å². The number of aryl methyl sites for hydroxylation is 1. The average Bonchev–Trinajstić information content (AvgIpc) is 3.32. The van der Waals surface area contributed by atoms with Gasteiger partial charge in [-0.2, -0.15) is 0 Å². The summed E-state index contributed by atoms with van der Waals surface area (Å²) in [6, 6.07) is 7.16. The minimum Gasteiger partial charge on any atom is -0.459 e. The minimum atomic E-state index is -0.402. The molecule has 3 aromatic rings. The van der Waals surface area contributed by atoms with E-state index in [1.165, 1.54) is 11.3 Å². The quantitative estimate of drug-likeness (QED) is 0.392. The zero-order valence-corrected chi connectivity index (χ0v) is 20.7. The number of halogens is 1. The molecule has 8 heteroatoms. The van der Waals surface area contributed by atoms with Gasteiger partial charge in [0.05, 0.1) is 16.7 Å². The number of hydrogen-bond acceptors (Lipinski definition) is 6. The van der Waals surface area contributed by atoms with Crippen molar-refractivity contribution in [1.29, 1.82) is 0 Å². The van der Waals surface area contributed by atoms with Crippen LogP contribution in [-0.2, 0) is 17.6 Å². The molecule has 1 aromatic carbocycles. The molecule has 2 aromatic heterocycles. The molecule has 0 saturated heterocycles. The van der Waals surface area contributed by atoms with Gasteiger partial charge in [-0.3, -0.25) is 4.79 Å². The van der Waals surface area contributed by atoms with Crippen molar-refractivity contribution in [3.8, 4) is 11.3 Å². The Morgan fingerprint density at radius 2 is 2.06 bits per heavy atom. The van der Waals surface area contributed by atoms with Gasteiger partial charge in [0.15, 0.2) is 0 Å². The number of ether oxygens (including phenoxy) is 1. The summed E-state index contributed by atoms with van der Waals surface area (Å²) in [6.07, 6.45) is 3.57. The Labute approximate surface area is 202 Å². The lowest BCUT2D eigenvalue weighted by Crippen LogP contribution is -2.19. The highest BCUT2D eigenvalue weighted by Crippen LogP contribution is 2.41. The van der Waals surface area contributed by atoms with E-state index in [0.717, 1.165) is 36.1 Å². The van der Waals surface area contributed by atoms with Crippen molar-refractivity contribution in [2.75, 3.05) is 5.32 Å². The molecule has 6 nitrogen and oxygen atoms in total. The second kappa shape index (κ2) is 9.69. The molecular weight excluding hydrogens is 460 g/mol. The van der Waals surface area contributed by atoms with Crippen LogP contribution in [0.5, 0.6) is 0 Å². The first-order valence-electron chi connectivity index (χ1n) is 11.2. The maximum Gasteiger partial charge on any atom is 0.341 e. The Balaban J connectivity index is 1.72. The molecule has 1 atom stereocenters. The van der Waals surface area contributed by atoms with E-state index >= 15 is 0 Å². The van der Waals surface area contributed by atoms with Crippen LogP contribution in [0.1, 0.15) is 70.5 Å². The molecule has 0 fully saturated rings. The van der Waals surface area contributed by atoms with E-state index in [4.69, 9.17) is 20.9 Å². The Morgan fingerprint density at radius 3 is 2.76 bits per heavy atom. The SMILES string of the molecule is CC[C@H]1CCc2c(sc(NC(=O)c3c(-c4ccccc4Cl)noc3C)c2C(=O)OC(C)C)C1. The van der Waals surface area contributed by atoms with E-state index in [-0.39, 0.29) is 6.10 Å². The summed E-state index contributed by atoms with van der Waals surface area (Å²) in [5.74, 6) is 0.163. The second-order valence-electron chi connectivity index (χ2n) is 8.58. The molecule has 0 saturated carbocycles. The topological polar surface area (TPSA) is 81.4 Å². The molecule has 0 spiro atoms. The summed E-state index contributed by atoms with van der Waals surface area (Å²) >= 11 is 7.81. The maximum atomic E-state index is 13.4. The first-order valence-corrected chi connectivity index (χ1v) is 12.4. The molecule has 1 amide bonds. The summed E-state index contributed by atoms with van der Waals surface area (Å²) in [7, 11) is 0. The lowest BCUT2D eigenvalue weighted by molar-refractivity contribution is 0.0378. The Bertz CT molecular complexity index is 1200. The van der Waals surface area contributed by atoms with Crippen molar-refractivity contribution in [2.45, 2.75) is 59.5 Å². The number of aromatic nitrogens is 1. The molecule has 1 aliphatic rings. The molecule has 1 aliphatic carbocycles. The van der Waals surface area contributed by atoms with E-state index in [2.05, 4.69) is 17.4 Å². The molecule has 4 rings (SSSR count). The molecular formula is C25H27ClN2O4S. The van der Waals surface area contributed by atoms with Gasteiger partial charge in [-0.25, -0.2) is 4.79 Å². The predicted molar refractivity (Wildman–Crippen MR) is 130 cm³/mol. The third kappa shape index (κ3) is 4.70. The van der Waals surface area contributed by atoms with Crippen molar-refractivity contribution in [2.24, 2.45) is 5.92 Å². The molecule has 174 valence electrons. The molecule has 0 bridgehead atoms. The lowest BCUT2D eigenvalue weighted by atomic mass is 9.85. The number of rotatable bonds is 6. The average molecular weight is 487 g/mol. The second-order valence-corrected chi connectivity index (χ2v) is 10.1. The highest BCUT2D eigenvalue weighted by atomic mass is 35.5. The summed E-state index contributed by atoms with van der Waals surface area (Å²) in [4.78, 5) is 27.6. The molecule has 0 radical (unpaired) electrons. The number of nitrogens with one attached hydrogen (secondary N) is 1. The number of hydrogen-bond donors (Lipinski definition) is 1. The molecule has 0 aliphatic heterocycles. The van der Waals surface area contributed by atoms with Gasteiger partial charge in [0.1, 0.15) is 22.0 Å². The van der Waals surface area contributed by atoms with E-state index in [0.29, 0.717) is 44.1 Å². The van der Waals surface area contributed by atoms with Gasteiger partial charge in [-0.05, 0) is 57.6 Å². The normalized spacial score (nSPS) is 15.4. The largest absolute Gasteiger partial charge is 0.459 e. The molecule has 0 unspecified atom stereocenters. The third-order valence-corrected chi connectivity index (χ3v) is 7.44. The number of benzene rings is 1. The van der Waals surface area contributed by atoms with Crippen LogP contribution in [0, 0.1) is 12.8 Å². The zero-order valence-electron chi connectivity index (χ0n) is 19.2. The number of carbonyl (C=O) groups is 2. The van der Waals surface area contributed by atoms with E-state index in [1.807, 2.05) is 26.0 Å². The molecule has 2 heterocycles. The lowest BCUT2D eigenvalue weighted by Gasteiger charge is -2.21. The predicted octanol–water partition coefficient (Wildman–Crippen LogP) is 6.70. The van der Waals surface area contributed by atoms with Gasteiger partial charge >= 0.3 is 5.97 Å². The van der Waals surface area contributed by atoms with E-state index in [1.54, 1.807) is 19.1 Å². The fourth-order valence-electron chi connectivity index (χ4n) is 4.22. The Kier molecular flexibility index (Phi) is 6.91. The summed E-state index contributed by atoms with van der Waals surface area (Å²) < 4.78 is 10.9. The number of fused-ring (bicyclic) bond motifs is 1. The van der Waals surface area contributed by atoms with Crippen molar-refractivity contribution < 1.29 is 18.8 Å². The van der Waals surface area contributed by atoms with Crippen LogP contribution in [0.2, 0.25) is 5.02 Å². The number of amides is 1. The van der Waals surface area contributed by atoms with Crippen molar-refractivity contribution in [3.05, 3.63) is 56.6 Å². The first-order chi connectivity index (χ1) is 15.8. The van der Waals surface area contributed by atoms with Crippen LogP contribution in [0.3, 0.4) is 0 Å². The van der Waals surface area contributed by atoms with Crippen LogP contribution in [0.15, 0.2) is 28.8 Å². The van der Waals surface area contributed by atoms with E-state index in [9.17, 15) is 9.59 Å². The van der Waals surface area contributed by atoms with Crippen LogP contribution >= 0.6 is 22.9 Å². The number of esters is 1. The first kappa shape index (κ1) is 23.5. The minimum absolute atomic E-state index is 0.254. The summed E-state index contributed by atoms with van der Waals surface area (Å²) in [6.45, 7) is 7.50. The van der Waals surface area contributed by atoms with Crippen LogP contribution < -0.4 is 5.32 Å². The smallest absolute Gasteiger partial charge is 0.341 e. The van der Waals surface area contributed by atoms with Crippen LogP contribution in [0.4, 0.5) is 5.00 Å². The van der Waals surface area contributed by atoms with Gasteiger partial charge in [-0.1, -0.05) is 48.3 Å². The molecule has 1 N–H and O–H groups in total. The third-order valence-electron chi connectivity index (χ3n) is 5.94. The van der Waals surface area contributed by atoms with Crippen LogP contribution in [0.25, 0.3) is 11.3 Å². The van der Waals surface area contributed by atoms with Crippen molar-refractivity contribution >= 4 is 39.8 Å². The van der Waals surface area contributed by atoms with Crippen molar-refractivity contribution in [3.63, 3.8) is 0 Å².